The lowest BCUT2D eigenvalue weighted by Crippen LogP contribution is -2.48. The van der Waals surface area contributed by atoms with Crippen LogP contribution in [0.1, 0.15) is 31.4 Å². The summed E-state index contributed by atoms with van der Waals surface area (Å²) in [6, 6.07) is -0.0383. The lowest BCUT2D eigenvalue weighted by atomic mass is 9.85. The highest BCUT2D eigenvalue weighted by atomic mass is 16.2. The molecule has 1 aromatic heterocycles. The lowest BCUT2D eigenvalue weighted by Gasteiger charge is -2.37. The zero-order valence-electron chi connectivity index (χ0n) is 13.7. The molecule has 7 nitrogen and oxygen atoms in total. The molecule has 1 fully saturated rings. The second kappa shape index (κ2) is 6.91. The summed E-state index contributed by atoms with van der Waals surface area (Å²) in [6.45, 7) is 2.58. The zero-order chi connectivity index (χ0) is 16.3. The smallest absolute Gasteiger partial charge is 0.225 e. The van der Waals surface area contributed by atoms with E-state index in [2.05, 4.69) is 15.7 Å². The van der Waals surface area contributed by atoms with Crippen LogP contribution in [0.25, 0.3) is 0 Å². The van der Waals surface area contributed by atoms with Gasteiger partial charge in [-0.15, -0.1) is 0 Å². The highest BCUT2D eigenvalue weighted by Crippen LogP contribution is 2.35. The Morgan fingerprint density at radius 1 is 1.50 bits per heavy atom. The molecular weight excluding hydrogens is 282 g/mol. The number of nitrogens with zero attached hydrogens (tertiary/aromatic N) is 3. The predicted octanol–water partition coefficient (Wildman–Crippen LogP) is 0.0537. The normalized spacial score (nSPS) is 23.5. The Hall–Kier alpha value is -1.89. The van der Waals surface area contributed by atoms with E-state index in [-0.39, 0.29) is 29.8 Å². The van der Waals surface area contributed by atoms with E-state index in [0.717, 1.165) is 5.56 Å². The minimum absolute atomic E-state index is 0.00435. The predicted molar refractivity (Wildman–Crippen MR) is 83.0 cm³/mol. The molecule has 0 bridgehead atoms. The first-order valence-electron chi connectivity index (χ1n) is 7.63. The number of hydrogen-bond donors (Lipinski definition) is 2. The number of amides is 2. The van der Waals surface area contributed by atoms with E-state index in [0.29, 0.717) is 19.4 Å². The number of aromatic nitrogens is 2. The van der Waals surface area contributed by atoms with Crippen molar-refractivity contribution >= 4 is 11.8 Å². The average molecular weight is 307 g/mol. The standard InChI is InChI=1S/C15H25N5O2/c1-10(16-2)7-17-15(22)12-5-6-13(21)20(4)14(12)11-8-18-19(3)9-11/h8-10,12,14,16H,5-7H2,1-4H3,(H,17,22). The van der Waals surface area contributed by atoms with Crippen LogP contribution in [0, 0.1) is 5.92 Å². The first-order chi connectivity index (χ1) is 10.4. The molecule has 0 aliphatic carbocycles. The Balaban J connectivity index is 2.16. The third-order valence-corrected chi connectivity index (χ3v) is 4.34. The molecule has 0 radical (unpaired) electrons. The molecule has 3 atom stereocenters. The van der Waals surface area contributed by atoms with Gasteiger partial charge < -0.3 is 15.5 Å². The number of carbonyl (C=O) groups is 2. The van der Waals surface area contributed by atoms with Crippen molar-refractivity contribution in [3.05, 3.63) is 18.0 Å². The molecule has 7 heteroatoms. The van der Waals surface area contributed by atoms with Gasteiger partial charge in [-0.25, -0.2) is 0 Å². The van der Waals surface area contributed by atoms with Gasteiger partial charge in [-0.2, -0.15) is 5.10 Å². The van der Waals surface area contributed by atoms with E-state index >= 15 is 0 Å². The van der Waals surface area contributed by atoms with Crippen LogP contribution in [0.15, 0.2) is 12.4 Å². The largest absolute Gasteiger partial charge is 0.354 e. The van der Waals surface area contributed by atoms with Crippen LogP contribution in [0.4, 0.5) is 0 Å². The topological polar surface area (TPSA) is 79.3 Å². The van der Waals surface area contributed by atoms with Gasteiger partial charge in [-0.05, 0) is 20.4 Å². The Labute approximate surface area is 131 Å². The second-order valence-electron chi connectivity index (χ2n) is 5.98. The monoisotopic (exact) mass is 307 g/mol. The zero-order valence-corrected chi connectivity index (χ0v) is 13.7. The van der Waals surface area contributed by atoms with Crippen LogP contribution in [-0.2, 0) is 16.6 Å². The van der Waals surface area contributed by atoms with E-state index in [1.807, 2.05) is 27.2 Å². The van der Waals surface area contributed by atoms with Gasteiger partial charge >= 0.3 is 0 Å². The number of carbonyl (C=O) groups excluding carboxylic acids is 2. The Kier molecular flexibility index (Phi) is 5.18. The lowest BCUT2D eigenvalue weighted by molar-refractivity contribution is -0.141. The molecule has 22 heavy (non-hydrogen) atoms. The summed E-state index contributed by atoms with van der Waals surface area (Å²) >= 11 is 0. The van der Waals surface area contributed by atoms with Crippen LogP contribution in [0.3, 0.4) is 0 Å². The summed E-state index contributed by atoms with van der Waals surface area (Å²) in [6.07, 6.45) is 4.59. The average Bonchev–Trinajstić information content (AvgIpc) is 2.93. The number of rotatable bonds is 5. The van der Waals surface area contributed by atoms with Gasteiger partial charge in [-0.1, -0.05) is 0 Å². The van der Waals surface area contributed by atoms with Crippen molar-refractivity contribution in [1.29, 1.82) is 0 Å². The van der Waals surface area contributed by atoms with Gasteiger partial charge in [0.15, 0.2) is 0 Å². The van der Waals surface area contributed by atoms with E-state index in [1.165, 1.54) is 0 Å². The number of aryl methyl sites for hydroxylation is 1. The molecule has 3 unspecified atom stereocenters. The summed E-state index contributed by atoms with van der Waals surface area (Å²) in [5.41, 5.74) is 0.903. The molecule has 1 aliphatic rings. The highest BCUT2D eigenvalue weighted by Gasteiger charge is 2.39. The fourth-order valence-corrected chi connectivity index (χ4v) is 2.85. The van der Waals surface area contributed by atoms with Gasteiger partial charge in [0.05, 0.1) is 18.2 Å². The Morgan fingerprint density at radius 3 is 2.82 bits per heavy atom. The molecule has 2 heterocycles. The number of nitrogens with one attached hydrogen (secondary N) is 2. The highest BCUT2D eigenvalue weighted by molar-refractivity contribution is 5.84. The van der Waals surface area contributed by atoms with Crippen molar-refractivity contribution in [3.63, 3.8) is 0 Å². The van der Waals surface area contributed by atoms with Crippen LogP contribution >= 0.6 is 0 Å². The van der Waals surface area contributed by atoms with Crippen LogP contribution in [0.5, 0.6) is 0 Å². The molecule has 2 N–H and O–H groups in total. The first kappa shape index (κ1) is 16.5. The minimum atomic E-state index is -0.250. The van der Waals surface area contributed by atoms with Crippen molar-refractivity contribution in [2.45, 2.75) is 31.8 Å². The van der Waals surface area contributed by atoms with Gasteiger partial charge in [-0.3, -0.25) is 14.3 Å². The molecule has 1 saturated heterocycles. The number of hydrogen-bond acceptors (Lipinski definition) is 4. The minimum Gasteiger partial charge on any atom is -0.354 e. The molecule has 1 aromatic rings. The van der Waals surface area contributed by atoms with Crippen molar-refractivity contribution < 1.29 is 9.59 Å². The summed E-state index contributed by atoms with van der Waals surface area (Å²) < 4.78 is 1.69. The van der Waals surface area contributed by atoms with Crippen molar-refractivity contribution in [2.24, 2.45) is 13.0 Å². The molecule has 0 spiro atoms. The van der Waals surface area contributed by atoms with E-state index in [4.69, 9.17) is 0 Å². The molecule has 0 aromatic carbocycles. The Morgan fingerprint density at radius 2 is 2.23 bits per heavy atom. The molecule has 1 aliphatic heterocycles. The van der Waals surface area contributed by atoms with Crippen molar-refractivity contribution in [2.75, 3.05) is 20.6 Å². The van der Waals surface area contributed by atoms with Gasteiger partial charge in [0.1, 0.15) is 0 Å². The fourth-order valence-electron chi connectivity index (χ4n) is 2.85. The van der Waals surface area contributed by atoms with E-state index in [1.54, 1.807) is 22.8 Å². The number of likely N-dealkylation sites (N-methyl/N-ethyl adjacent to an activating group) is 1. The van der Waals surface area contributed by atoms with Crippen LogP contribution in [-0.4, -0.2) is 53.2 Å². The molecule has 2 rings (SSSR count). The van der Waals surface area contributed by atoms with Crippen LogP contribution < -0.4 is 10.6 Å². The van der Waals surface area contributed by atoms with Crippen molar-refractivity contribution in [1.82, 2.24) is 25.3 Å². The maximum absolute atomic E-state index is 12.6. The third kappa shape index (κ3) is 3.47. The third-order valence-electron chi connectivity index (χ3n) is 4.34. The summed E-state index contributed by atoms with van der Waals surface area (Å²) in [4.78, 5) is 26.3. The van der Waals surface area contributed by atoms with Gasteiger partial charge in [0, 0.05) is 44.9 Å². The van der Waals surface area contributed by atoms with Crippen LogP contribution in [0.2, 0.25) is 0 Å². The summed E-state index contributed by atoms with van der Waals surface area (Å²) in [5.74, 6) is -0.173. The van der Waals surface area contributed by atoms with E-state index < -0.39 is 0 Å². The van der Waals surface area contributed by atoms with Gasteiger partial charge in [0.25, 0.3) is 0 Å². The maximum Gasteiger partial charge on any atom is 0.225 e. The maximum atomic E-state index is 12.6. The van der Waals surface area contributed by atoms with Crippen molar-refractivity contribution in [3.8, 4) is 0 Å². The summed E-state index contributed by atoms with van der Waals surface area (Å²) in [7, 11) is 5.45. The molecule has 2 amide bonds. The summed E-state index contributed by atoms with van der Waals surface area (Å²) in [5, 5.41) is 10.2. The number of piperidine rings is 1. The quantitative estimate of drug-likeness (QED) is 0.806. The second-order valence-corrected chi connectivity index (χ2v) is 5.98. The number of likely N-dealkylation sites (tertiary alicyclic amines) is 1. The molecule has 122 valence electrons. The van der Waals surface area contributed by atoms with E-state index in [9.17, 15) is 9.59 Å². The fraction of sp³-hybridized carbons (Fsp3) is 0.667. The SMILES string of the molecule is CNC(C)CNC(=O)C1CCC(=O)N(C)C1c1cnn(C)c1. The first-order valence-corrected chi connectivity index (χ1v) is 7.63. The van der Waals surface area contributed by atoms with Gasteiger partial charge in [0.2, 0.25) is 11.8 Å². The molecule has 0 saturated carbocycles. The molecular formula is C15H25N5O2. The Bertz CT molecular complexity index is 542.